The van der Waals surface area contributed by atoms with Gasteiger partial charge in [-0.1, -0.05) is 6.07 Å². The van der Waals surface area contributed by atoms with Gasteiger partial charge in [0.05, 0.1) is 0 Å². The molecular weight excluding hydrogens is 236 g/mol. The van der Waals surface area contributed by atoms with Gasteiger partial charge in [0.15, 0.2) is 0 Å². The number of nitrogens with two attached hydrogens (primary N) is 1. The molecule has 0 fully saturated rings. The molecule has 0 saturated carbocycles. The summed E-state index contributed by atoms with van der Waals surface area (Å²) in [6.45, 7) is 0.572. The van der Waals surface area contributed by atoms with E-state index >= 15 is 0 Å². The van der Waals surface area contributed by atoms with Crippen molar-refractivity contribution in [2.75, 3.05) is 11.9 Å². The molecule has 1 aromatic heterocycles. The van der Waals surface area contributed by atoms with Crippen LogP contribution in [0.25, 0.3) is 0 Å². The first-order valence-corrected chi connectivity index (χ1v) is 6.76. The first kappa shape index (κ1) is 12.1. The molecule has 0 unspecified atom stereocenters. The van der Waals surface area contributed by atoms with Gasteiger partial charge in [-0.15, -0.1) is 0 Å². The Bertz CT molecular complexity index is 580. The lowest BCUT2D eigenvalue weighted by atomic mass is 10.1. The van der Waals surface area contributed by atoms with Crippen LogP contribution in [-0.2, 0) is 19.3 Å². The minimum Gasteiger partial charge on any atom is -0.340 e. The van der Waals surface area contributed by atoms with E-state index in [0.717, 1.165) is 17.3 Å². The van der Waals surface area contributed by atoms with Crippen LogP contribution >= 0.6 is 0 Å². The normalized spacial score (nSPS) is 13.3. The van der Waals surface area contributed by atoms with Crippen LogP contribution in [0.15, 0.2) is 30.5 Å². The molecule has 0 radical (unpaired) electrons. The van der Waals surface area contributed by atoms with E-state index in [1.54, 1.807) is 6.20 Å². The van der Waals surface area contributed by atoms with Crippen molar-refractivity contribution < 1.29 is 0 Å². The van der Waals surface area contributed by atoms with Gasteiger partial charge in [0.1, 0.15) is 11.6 Å². The van der Waals surface area contributed by atoms with Crippen molar-refractivity contribution in [3.8, 4) is 0 Å². The number of anilines is 2. The minimum absolute atomic E-state index is 0.572. The maximum absolute atomic E-state index is 5.52. The second kappa shape index (κ2) is 5.36. The molecule has 3 N–H and O–H groups in total. The average molecular weight is 254 g/mol. The molecule has 1 aromatic carbocycles. The van der Waals surface area contributed by atoms with Crippen LogP contribution in [0, 0.1) is 0 Å². The molecule has 19 heavy (non-hydrogen) atoms. The molecule has 1 heterocycles. The summed E-state index contributed by atoms with van der Waals surface area (Å²) in [4.78, 5) is 8.65. The number of hydrogen-bond acceptors (Lipinski definition) is 4. The molecule has 4 nitrogen and oxygen atoms in total. The first-order chi connectivity index (χ1) is 9.35. The van der Waals surface area contributed by atoms with Crippen LogP contribution < -0.4 is 11.1 Å². The Labute approximate surface area is 113 Å². The summed E-state index contributed by atoms with van der Waals surface area (Å²) in [5.41, 5.74) is 9.56. The van der Waals surface area contributed by atoms with E-state index in [2.05, 4.69) is 33.5 Å². The summed E-state index contributed by atoms with van der Waals surface area (Å²) < 4.78 is 0. The predicted molar refractivity (Wildman–Crippen MR) is 76.5 cm³/mol. The van der Waals surface area contributed by atoms with Gasteiger partial charge in [0.25, 0.3) is 0 Å². The highest BCUT2D eigenvalue weighted by atomic mass is 15.0. The van der Waals surface area contributed by atoms with Crippen LogP contribution in [0.2, 0.25) is 0 Å². The average Bonchev–Trinajstić information content (AvgIpc) is 2.87. The van der Waals surface area contributed by atoms with Gasteiger partial charge in [0, 0.05) is 18.3 Å². The summed E-state index contributed by atoms with van der Waals surface area (Å²) in [6.07, 6.45) is 6.15. The van der Waals surface area contributed by atoms with E-state index in [1.165, 1.54) is 30.4 Å². The monoisotopic (exact) mass is 254 g/mol. The van der Waals surface area contributed by atoms with Crippen LogP contribution in [-0.4, -0.2) is 16.5 Å². The third-order valence-electron chi connectivity index (χ3n) is 3.44. The fourth-order valence-corrected chi connectivity index (χ4v) is 2.52. The molecule has 1 aliphatic carbocycles. The topological polar surface area (TPSA) is 63.8 Å². The summed E-state index contributed by atoms with van der Waals surface area (Å²) >= 11 is 0. The Morgan fingerprint density at radius 2 is 2.05 bits per heavy atom. The Morgan fingerprint density at radius 3 is 2.95 bits per heavy atom. The molecule has 2 aromatic rings. The molecule has 1 aliphatic rings. The van der Waals surface area contributed by atoms with Gasteiger partial charge in [-0.25, -0.2) is 9.97 Å². The lowest BCUT2D eigenvalue weighted by molar-refractivity contribution is 0.870. The number of aromatic nitrogens is 2. The van der Waals surface area contributed by atoms with Crippen molar-refractivity contribution >= 4 is 11.5 Å². The van der Waals surface area contributed by atoms with Crippen molar-refractivity contribution in [1.82, 2.24) is 9.97 Å². The Kier molecular flexibility index (Phi) is 3.42. The standard InChI is InChI=1S/C15H18N4/c16-8-6-14-17-9-7-15(19-14)18-13-5-4-11-2-1-3-12(11)10-13/h4-5,7,9-10H,1-3,6,8,16H2,(H,17,18,19). The van der Waals surface area contributed by atoms with Crippen LogP contribution in [0.4, 0.5) is 11.5 Å². The van der Waals surface area contributed by atoms with E-state index in [1.807, 2.05) is 6.07 Å². The van der Waals surface area contributed by atoms with Crippen molar-refractivity contribution in [2.45, 2.75) is 25.7 Å². The molecule has 98 valence electrons. The van der Waals surface area contributed by atoms with Gasteiger partial charge < -0.3 is 11.1 Å². The van der Waals surface area contributed by atoms with Crippen molar-refractivity contribution in [3.63, 3.8) is 0 Å². The van der Waals surface area contributed by atoms with Crippen LogP contribution in [0.1, 0.15) is 23.4 Å². The van der Waals surface area contributed by atoms with Crippen LogP contribution in [0.5, 0.6) is 0 Å². The number of nitrogens with zero attached hydrogens (tertiary/aromatic N) is 2. The molecule has 4 heteroatoms. The SMILES string of the molecule is NCCc1nccc(Nc2ccc3c(c2)CCC3)n1. The molecule has 0 amide bonds. The Hall–Kier alpha value is -1.94. The molecule has 0 bridgehead atoms. The zero-order valence-corrected chi connectivity index (χ0v) is 10.9. The van der Waals surface area contributed by atoms with E-state index < -0.39 is 0 Å². The van der Waals surface area contributed by atoms with Crippen LogP contribution in [0.3, 0.4) is 0 Å². The molecule has 0 spiro atoms. The predicted octanol–water partition coefficient (Wildman–Crippen LogP) is 2.21. The summed E-state index contributed by atoms with van der Waals surface area (Å²) in [7, 11) is 0. The fraction of sp³-hybridized carbons (Fsp3) is 0.333. The largest absolute Gasteiger partial charge is 0.340 e. The Balaban J connectivity index is 1.79. The van der Waals surface area contributed by atoms with E-state index in [9.17, 15) is 0 Å². The third-order valence-corrected chi connectivity index (χ3v) is 3.44. The summed E-state index contributed by atoms with van der Waals surface area (Å²) in [6, 6.07) is 8.45. The smallest absolute Gasteiger partial charge is 0.134 e. The molecule has 0 aliphatic heterocycles. The Morgan fingerprint density at radius 1 is 1.16 bits per heavy atom. The van der Waals surface area contributed by atoms with Gasteiger partial charge in [-0.3, -0.25) is 0 Å². The maximum Gasteiger partial charge on any atom is 0.134 e. The van der Waals surface area contributed by atoms with Gasteiger partial charge in [-0.2, -0.15) is 0 Å². The zero-order chi connectivity index (χ0) is 13.1. The minimum atomic E-state index is 0.572. The zero-order valence-electron chi connectivity index (χ0n) is 10.9. The fourth-order valence-electron chi connectivity index (χ4n) is 2.52. The number of rotatable bonds is 4. The molecule has 0 atom stereocenters. The van der Waals surface area contributed by atoms with E-state index in [0.29, 0.717) is 13.0 Å². The number of benzene rings is 1. The van der Waals surface area contributed by atoms with E-state index in [-0.39, 0.29) is 0 Å². The second-order valence-electron chi connectivity index (χ2n) is 4.86. The van der Waals surface area contributed by atoms with Gasteiger partial charge in [0.2, 0.25) is 0 Å². The summed E-state index contributed by atoms with van der Waals surface area (Å²) in [5.74, 6) is 1.62. The quantitative estimate of drug-likeness (QED) is 0.878. The van der Waals surface area contributed by atoms with E-state index in [4.69, 9.17) is 5.73 Å². The van der Waals surface area contributed by atoms with Gasteiger partial charge >= 0.3 is 0 Å². The van der Waals surface area contributed by atoms with Gasteiger partial charge in [-0.05, 0) is 55.1 Å². The molecule has 0 saturated heterocycles. The second-order valence-corrected chi connectivity index (χ2v) is 4.86. The highest BCUT2D eigenvalue weighted by Gasteiger charge is 2.10. The van der Waals surface area contributed by atoms with Crippen molar-refractivity contribution in [1.29, 1.82) is 0 Å². The molecular formula is C15H18N4. The number of nitrogens with one attached hydrogen (secondary N) is 1. The lowest BCUT2D eigenvalue weighted by Crippen LogP contribution is -2.07. The third kappa shape index (κ3) is 2.74. The number of aryl methyl sites for hydroxylation is 2. The summed E-state index contributed by atoms with van der Waals surface area (Å²) in [5, 5.41) is 3.34. The van der Waals surface area contributed by atoms with Crippen molar-refractivity contribution in [3.05, 3.63) is 47.4 Å². The molecule has 3 rings (SSSR count). The number of fused-ring (bicyclic) bond motifs is 1. The van der Waals surface area contributed by atoms with Crippen molar-refractivity contribution in [2.24, 2.45) is 5.73 Å². The maximum atomic E-state index is 5.52. The first-order valence-electron chi connectivity index (χ1n) is 6.76. The highest BCUT2D eigenvalue weighted by molar-refractivity contribution is 5.58. The number of hydrogen-bond donors (Lipinski definition) is 2. The lowest BCUT2D eigenvalue weighted by Gasteiger charge is -2.08. The highest BCUT2D eigenvalue weighted by Crippen LogP contribution is 2.26.